The molecule has 0 amide bonds. The van der Waals surface area contributed by atoms with Gasteiger partial charge in [0.2, 0.25) is 0 Å². The quantitative estimate of drug-likeness (QED) is 0.830. The van der Waals surface area contributed by atoms with Crippen molar-refractivity contribution in [3.8, 4) is 0 Å². The van der Waals surface area contributed by atoms with Gasteiger partial charge < -0.3 is 5.32 Å². The number of halogens is 1. The predicted octanol–water partition coefficient (Wildman–Crippen LogP) is 2.91. The maximum atomic E-state index is 5.89. The van der Waals surface area contributed by atoms with Crippen LogP contribution < -0.4 is 5.32 Å². The fourth-order valence-corrected chi connectivity index (χ4v) is 2.82. The van der Waals surface area contributed by atoms with Crippen LogP contribution >= 0.6 is 22.9 Å². The molecular weight excluding hydrogens is 268 g/mol. The Kier molecular flexibility index (Phi) is 4.74. The summed E-state index contributed by atoms with van der Waals surface area (Å²) in [6.45, 7) is 5.87. The van der Waals surface area contributed by atoms with E-state index < -0.39 is 0 Å². The summed E-state index contributed by atoms with van der Waals surface area (Å²) in [4.78, 5) is 5.56. The Bertz CT molecular complexity index is 492. The molecule has 0 aliphatic rings. The molecule has 0 aliphatic heterocycles. The van der Waals surface area contributed by atoms with Crippen LogP contribution in [0, 0.1) is 0 Å². The van der Waals surface area contributed by atoms with Crippen molar-refractivity contribution in [3.05, 3.63) is 33.5 Å². The summed E-state index contributed by atoms with van der Waals surface area (Å²) in [6.07, 6.45) is 2.60. The molecule has 0 aromatic carbocycles. The van der Waals surface area contributed by atoms with Gasteiger partial charge in [-0.2, -0.15) is 5.10 Å². The second-order valence-electron chi connectivity index (χ2n) is 4.35. The van der Waals surface area contributed by atoms with Crippen molar-refractivity contribution in [1.29, 1.82) is 0 Å². The van der Waals surface area contributed by atoms with E-state index >= 15 is 0 Å². The number of nitrogens with zero attached hydrogens (tertiary/aromatic N) is 3. The van der Waals surface area contributed by atoms with Gasteiger partial charge in [0.15, 0.2) is 0 Å². The zero-order valence-corrected chi connectivity index (χ0v) is 12.1. The van der Waals surface area contributed by atoms with Crippen LogP contribution in [0.25, 0.3) is 0 Å². The van der Waals surface area contributed by atoms with Crippen LogP contribution in [0.1, 0.15) is 30.6 Å². The molecule has 0 fully saturated rings. The van der Waals surface area contributed by atoms with Gasteiger partial charge >= 0.3 is 0 Å². The van der Waals surface area contributed by atoms with Gasteiger partial charge in [-0.3, -0.25) is 0 Å². The number of thiophene rings is 1. The molecule has 0 spiro atoms. The summed E-state index contributed by atoms with van der Waals surface area (Å²) in [5.74, 6) is 0.981. The Morgan fingerprint density at radius 3 is 2.94 bits per heavy atom. The number of hydrogen-bond donors (Lipinski definition) is 1. The van der Waals surface area contributed by atoms with Crippen LogP contribution in [-0.4, -0.2) is 21.3 Å². The SMILES string of the molecule is CC(C)n1ncnc1CNCCc1ccc(Cl)s1. The maximum Gasteiger partial charge on any atom is 0.141 e. The Balaban J connectivity index is 1.77. The minimum absolute atomic E-state index is 0.348. The summed E-state index contributed by atoms with van der Waals surface area (Å²) < 4.78 is 2.79. The first kappa shape index (κ1) is 13.5. The first-order valence-corrected chi connectivity index (χ1v) is 7.19. The maximum absolute atomic E-state index is 5.89. The van der Waals surface area contributed by atoms with Gasteiger partial charge in [-0.1, -0.05) is 11.6 Å². The summed E-state index contributed by atoms with van der Waals surface area (Å²) in [5, 5.41) is 7.59. The first-order chi connectivity index (χ1) is 8.66. The highest BCUT2D eigenvalue weighted by Crippen LogP contribution is 2.21. The molecule has 4 nitrogen and oxygen atoms in total. The van der Waals surface area contributed by atoms with Gasteiger partial charge in [-0.15, -0.1) is 11.3 Å². The third-order valence-electron chi connectivity index (χ3n) is 2.60. The highest BCUT2D eigenvalue weighted by atomic mass is 35.5. The lowest BCUT2D eigenvalue weighted by molar-refractivity contribution is 0.491. The monoisotopic (exact) mass is 284 g/mol. The van der Waals surface area contributed by atoms with Crippen molar-refractivity contribution in [3.63, 3.8) is 0 Å². The van der Waals surface area contributed by atoms with E-state index in [1.165, 1.54) is 4.88 Å². The zero-order valence-electron chi connectivity index (χ0n) is 10.6. The molecule has 98 valence electrons. The van der Waals surface area contributed by atoms with E-state index in [-0.39, 0.29) is 0 Å². The van der Waals surface area contributed by atoms with Gasteiger partial charge in [-0.25, -0.2) is 9.67 Å². The van der Waals surface area contributed by atoms with Crippen molar-refractivity contribution in [1.82, 2.24) is 20.1 Å². The van der Waals surface area contributed by atoms with E-state index in [9.17, 15) is 0 Å². The van der Waals surface area contributed by atoms with E-state index in [1.54, 1.807) is 17.7 Å². The molecule has 2 rings (SSSR count). The highest BCUT2D eigenvalue weighted by Gasteiger charge is 2.06. The Labute approximate surface area is 116 Å². The number of aromatic nitrogens is 3. The lowest BCUT2D eigenvalue weighted by atomic mass is 10.3. The molecule has 0 bridgehead atoms. The Morgan fingerprint density at radius 2 is 2.28 bits per heavy atom. The third-order valence-corrected chi connectivity index (χ3v) is 3.89. The van der Waals surface area contributed by atoms with Crippen LogP contribution in [-0.2, 0) is 13.0 Å². The lowest BCUT2D eigenvalue weighted by Crippen LogP contribution is -2.20. The molecule has 0 saturated heterocycles. The van der Waals surface area contributed by atoms with Gasteiger partial charge in [0, 0.05) is 17.5 Å². The summed E-state index contributed by atoms with van der Waals surface area (Å²) in [5.41, 5.74) is 0. The normalized spacial score (nSPS) is 11.3. The van der Waals surface area contributed by atoms with Gasteiger partial charge in [0.1, 0.15) is 12.2 Å². The van der Waals surface area contributed by atoms with Crippen LogP contribution in [0.4, 0.5) is 0 Å². The molecule has 0 aliphatic carbocycles. The van der Waals surface area contributed by atoms with Crippen molar-refractivity contribution < 1.29 is 0 Å². The Morgan fingerprint density at radius 1 is 1.44 bits per heavy atom. The molecule has 2 aromatic rings. The van der Waals surface area contributed by atoms with E-state index in [4.69, 9.17) is 11.6 Å². The largest absolute Gasteiger partial charge is 0.309 e. The van der Waals surface area contributed by atoms with Gasteiger partial charge in [-0.05, 0) is 32.4 Å². The molecule has 0 saturated carbocycles. The fourth-order valence-electron chi connectivity index (χ4n) is 1.73. The van der Waals surface area contributed by atoms with E-state index in [0.717, 1.165) is 29.7 Å². The number of nitrogens with one attached hydrogen (secondary N) is 1. The van der Waals surface area contributed by atoms with Crippen molar-refractivity contribution >= 4 is 22.9 Å². The minimum atomic E-state index is 0.348. The van der Waals surface area contributed by atoms with E-state index in [1.807, 2.05) is 10.7 Å². The predicted molar refractivity (Wildman–Crippen MR) is 75.1 cm³/mol. The standard InChI is InChI=1S/C12H17ClN4S/c1-9(2)17-12(15-8-16-17)7-14-6-5-10-3-4-11(13)18-10/h3-4,8-9,14H,5-7H2,1-2H3. The summed E-state index contributed by atoms with van der Waals surface area (Å²) in [6, 6.07) is 4.36. The molecule has 18 heavy (non-hydrogen) atoms. The molecule has 1 N–H and O–H groups in total. The first-order valence-electron chi connectivity index (χ1n) is 6.00. The Hall–Kier alpha value is -0.910. The summed E-state index contributed by atoms with van der Waals surface area (Å²) in [7, 11) is 0. The zero-order chi connectivity index (χ0) is 13.0. The average Bonchev–Trinajstić information content (AvgIpc) is 2.93. The highest BCUT2D eigenvalue weighted by molar-refractivity contribution is 7.16. The molecule has 2 heterocycles. The van der Waals surface area contributed by atoms with Crippen LogP contribution in [0.5, 0.6) is 0 Å². The van der Waals surface area contributed by atoms with E-state index in [2.05, 4.69) is 35.3 Å². The topological polar surface area (TPSA) is 42.7 Å². The van der Waals surface area contributed by atoms with Crippen molar-refractivity contribution in [2.45, 2.75) is 32.9 Å². The minimum Gasteiger partial charge on any atom is -0.309 e. The second-order valence-corrected chi connectivity index (χ2v) is 6.15. The molecule has 2 aromatic heterocycles. The van der Waals surface area contributed by atoms with Gasteiger partial charge in [0.25, 0.3) is 0 Å². The molecular formula is C12H17ClN4S. The average molecular weight is 285 g/mol. The number of hydrogen-bond acceptors (Lipinski definition) is 4. The number of rotatable bonds is 6. The third kappa shape index (κ3) is 3.54. The molecule has 0 unspecified atom stereocenters. The van der Waals surface area contributed by atoms with Crippen molar-refractivity contribution in [2.24, 2.45) is 0 Å². The second kappa shape index (κ2) is 6.31. The van der Waals surface area contributed by atoms with Crippen LogP contribution in [0.3, 0.4) is 0 Å². The van der Waals surface area contributed by atoms with Crippen LogP contribution in [0.2, 0.25) is 4.34 Å². The lowest BCUT2D eigenvalue weighted by Gasteiger charge is -2.09. The fraction of sp³-hybridized carbons (Fsp3) is 0.500. The molecule has 0 atom stereocenters. The summed E-state index contributed by atoms with van der Waals surface area (Å²) >= 11 is 7.52. The van der Waals surface area contributed by atoms with E-state index in [0.29, 0.717) is 6.04 Å². The van der Waals surface area contributed by atoms with Crippen molar-refractivity contribution in [2.75, 3.05) is 6.54 Å². The van der Waals surface area contributed by atoms with Gasteiger partial charge in [0.05, 0.1) is 10.9 Å². The van der Waals surface area contributed by atoms with Crippen LogP contribution in [0.15, 0.2) is 18.5 Å². The molecule has 6 heteroatoms. The smallest absolute Gasteiger partial charge is 0.141 e. The molecule has 0 radical (unpaired) electrons.